The molecule has 0 heterocycles. The van der Waals surface area contributed by atoms with Crippen molar-refractivity contribution in [2.75, 3.05) is 7.11 Å². The van der Waals surface area contributed by atoms with Gasteiger partial charge in [-0.25, -0.2) is 0 Å². The number of rotatable bonds is 5. The topological polar surface area (TPSA) is 47.3 Å². The van der Waals surface area contributed by atoms with Crippen molar-refractivity contribution in [3.8, 4) is 5.75 Å². The maximum absolute atomic E-state index is 6.09. The highest BCUT2D eigenvalue weighted by Gasteiger charge is 2.22. The normalized spacial score (nSPS) is 18.3. The summed E-state index contributed by atoms with van der Waals surface area (Å²) in [7, 11) is 1.68. The Balaban J connectivity index is 2.13. The molecule has 106 valence electrons. The molecule has 3 N–H and O–H groups in total. The number of hydrogen-bond acceptors (Lipinski definition) is 3. The van der Waals surface area contributed by atoms with Crippen molar-refractivity contribution in [3.05, 3.63) is 28.8 Å². The molecular weight excluding hydrogens is 260 g/mol. The monoisotopic (exact) mass is 282 g/mol. The second-order valence-electron chi connectivity index (χ2n) is 5.35. The van der Waals surface area contributed by atoms with Gasteiger partial charge in [0.05, 0.1) is 7.11 Å². The largest absolute Gasteiger partial charge is 0.496 e. The Hall–Kier alpha value is -0.770. The minimum absolute atomic E-state index is 0.108. The minimum Gasteiger partial charge on any atom is -0.496 e. The number of hydrogen-bond donors (Lipinski definition) is 2. The Kier molecular flexibility index (Phi) is 5.49. The van der Waals surface area contributed by atoms with Crippen molar-refractivity contribution >= 4 is 11.6 Å². The van der Waals surface area contributed by atoms with Gasteiger partial charge in [-0.2, -0.15) is 0 Å². The number of hydrazine groups is 1. The van der Waals surface area contributed by atoms with Gasteiger partial charge in [0.15, 0.2) is 0 Å². The van der Waals surface area contributed by atoms with Crippen LogP contribution >= 0.6 is 11.6 Å². The molecule has 0 bridgehead atoms. The minimum atomic E-state index is 0.108. The summed E-state index contributed by atoms with van der Waals surface area (Å²) >= 11 is 6.09. The first-order valence-corrected chi connectivity index (χ1v) is 7.42. The number of halogens is 1. The van der Waals surface area contributed by atoms with E-state index in [1.54, 1.807) is 7.11 Å². The van der Waals surface area contributed by atoms with Crippen LogP contribution in [0.2, 0.25) is 5.02 Å². The predicted molar refractivity (Wildman–Crippen MR) is 79.3 cm³/mol. The van der Waals surface area contributed by atoms with Gasteiger partial charge in [0, 0.05) is 16.6 Å². The van der Waals surface area contributed by atoms with Crippen LogP contribution in [0.5, 0.6) is 5.75 Å². The summed E-state index contributed by atoms with van der Waals surface area (Å²) in [5.41, 5.74) is 3.99. The quantitative estimate of drug-likeness (QED) is 0.637. The van der Waals surface area contributed by atoms with Crippen LogP contribution in [0.15, 0.2) is 18.2 Å². The number of benzene rings is 1. The Morgan fingerprint density at radius 3 is 2.74 bits per heavy atom. The van der Waals surface area contributed by atoms with E-state index in [1.807, 2.05) is 18.2 Å². The van der Waals surface area contributed by atoms with Gasteiger partial charge in [-0.3, -0.25) is 11.3 Å². The summed E-state index contributed by atoms with van der Waals surface area (Å²) in [6.07, 6.45) is 7.72. The first kappa shape index (κ1) is 14.6. The van der Waals surface area contributed by atoms with E-state index in [4.69, 9.17) is 22.2 Å². The average Bonchev–Trinajstić information content (AvgIpc) is 2.46. The molecule has 0 saturated heterocycles. The molecule has 19 heavy (non-hydrogen) atoms. The smallest absolute Gasteiger partial charge is 0.123 e. The van der Waals surface area contributed by atoms with E-state index >= 15 is 0 Å². The Morgan fingerprint density at radius 2 is 2.11 bits per heavy atom. The van der Waals surface area contributed by atoms with Crippen LogP contribution in [0.1, 0.15) is 50.1 Å². The van der Waals surface area contributed by atoms with Crippen molar-refractivity contribution in [2.24, 2.45) is 11.8 Å². The third kappa shape index (κ3) is 3.85. The fourth-order valence-electron chi connectivity index (χ4n) is 3.02. The Labute approximate surface area is 120 Å². The molecule has 4 heteroatoms. The molecular formula is C15H23ClN2O. The zero-order valence-corrected chi connectivity index (χ0v) is 12.2. The molecule has 1 unspecified atom stereocenters. The summed E-state index contributed by atoms with van der Waals surface area (Å²) < 4.78 is 5.42. The maximum Gasteiger partial charge on any atom is 0.123 e. The van der Waals surface area contributed by atoms with Gasteiger partial charge >= 0.3 is 0 Å². The zero-order valence-electron chi connectivity index (χ0n) is 11.5. The third-order valence-electron chi connectivity index (χ3n) is 4.06. The van der Waals surface area contributed by atoms with Crippen LogP contribution < -0.4 is 16.0 Å². The first-order chi connectivity index (χ1) is 9.24. The molecule has 1 aromatic carbocycles. The van der Waals surface area contributed by atoms with Crippen LogP contribution in [-0.4, -0.2) is 7.11 Å². The summed E-state index contributed by atoms with van der Waals surface area (Å²) in [4.78, 5) is 0. The van der Waals surface area contributed by atoms with Crippen molar-refractivity contribution in [1.29, 1.82) is 0 Å². The molecule has 1 aromatic rings. The standard InChI is InChI=1S/C15H23ClN2O/c1-19-15-8-7-12(16)10-13(15)14(18-17)9-11-5-3-2-4-6-11/h7-8,10-11,14,18H,2-6,9,17H2,1H3. The molecule has 0 aromatic heterocycles. The number of ether oxygens (including phenoxy) is 1. The Morgan fingerprint density at radius 1 is 1.37 bits per heavy atom. The molecule has 1 fully saturated rings. The molecule has 2 rings (SSSR count). The van der Waals surface area contributed by atoms with Crippen molar-refractivity contribution in [2.45, 2.75) is 44.6 Å². The van der Waals surface area contributed by atoms with E-state index in [0.717, 1.165) is 28.7 Å². The SMILES string of the molecule is COc1ccc(Cl)cc1C(CC1CCCCC1)NN. The second-order valence-corrected chi connectivity index (χ2v) is 5.78. The van der Waals surface area contributed by atoms with Gasteiger partial charge in [-0.05, 0) is 30.5 Å². The van der Waals surface area contributed by atoms with E-state index < -0.39 is 0 Å². The summed E-state index contributed by atoms with van der Waals surface area (Å²) in [6, 6.07) is 5.81. The molecule has 0 aliphatic heterocycles. The van der Waals surface area contributed by atoms with Crippen LogP contribution in [0.3, 0.4) is 0 Å². The highest BCUT2D eigenvalue weighted by atomic mass is 35.5. The van der Waals surface area contributed by atoms with Gasteiger partial charge < -0.3 is 4.74 Å². The lowest BCUT2D eigenvalue weighted by Gasteiger charge is -2.27. The van der Waals surface area contributed by atoms with Gasteiger partial charge in [-0.1, -0.05) is 43.7 Å². The van der Waals surface area contributed by atoms with Crippen LogP contribution in [0.4, 0.5) is 0 Å². The fourth-order valence-corrected chi connectivity index (χ4v) is 3.20. The molecule has 1 saturated carbocycles. The van der Waals surface area contributed by atoms with Crippen LogP contribution in [-0.2, 0) is 0 Å². The molecule has 0 radical (unpaired) electrons. The van der Waals surface area contributed by atoms with E-state index in [2.05, 4.69) is 5.43 Å². The molecule has 0 amide bonds. The van der Waals surface area contributed by atoms with Crippen molar-refractivity contribution < 1.29 is 4.74 Å². The fraction of sp³-hybridized carbons (Fsp3) is 0.600. The lowest BCUT2D eigenvalue weighted by molar-refractivity contribution is 0.296. The summed E-state index contributed by atoms with van der Waals surface area (Å²) in [5, 5.41) is 0.722. The van der Waals surface area contributed by atoms with E-state index in [9.17, 15) is 0 Å². The second kappa shape index (κ2) is 7.13. The zero-order chi connectivity index (χ0) is 13.7. The first-order valence-electron chi connectivity index (χ1n) is 7.04. The molecule has 1 aliphatic carbocycles. The van der Waals surface area contributed by atoms with E-state index in [1.165, 1.54) is 32.1 Å². The summed E-state index contributed by atoms with van der Waals surface area (Å²) in [5.74, 6) is 7.35. The number of nitrogens with one attached hydrogen (secondary N) is 1. The molecule has 3 nitrogen and oxygen atoms in total. The lowest BCUT2D eigenvalue weighted by Crippen LogP contribution is -2.30. The lowest BCUT2D eigenvalue weighted by atomic mass is 9.83. The highest BCUT2D eigenvalue weighted by molar-refractivity contribution is 6.30. The number of nitrogens with two attached hydrogens (primary N) is 1. The predicted octanol–water partition coefficient (Wildman–Crippen LogP) is 3.82. The average molecular weight is 283 g/mol. The Bertz CT molecular complexity index is 405. The maximum atomic E-state index is 6.09. The molecule has 1 aliphatic rings. The summed E-state index contributed by atoms with van der Waals surface area (Å²) in [6.45, 7) is 0. The van der Waals surface area contributed by atoms with Crippen molar-refractivity contribution in [1.82, 2.24) is 5.43 Å². The van der Waals surface area contributed by atoms with Gasteiger partial charge in [0.25, 0.3) is 0 Å². The van der Waals surface area contributed by atoms with E-state index in [-0.39, 0.29) is 6.04 Å². The van der Waals surface area contributed by atoms with Crippen LogP contribution in [0, 0.1) is 5.92 Å². The van der Waals surface area contributed by atoms with Crippen molar-refractivity contribution in [3.63, 3.8) is 0 Å². The van der Waals surface area contributed by atoms with E-state index in [0.29, 0.717) is 0 Å². The van der Waals surface area contributed by atoms with Gasteiger partial charge in [0.2, 0.25) is 0 Å². The van der Waals surface area contributed by atoms with Crippen LogP contribution in [0.25, 0.3) is 0 Å². The van der Waals surface area contributed by atoms with Gasteiger partial charge in [-0.15, -0.1) is 0 Å². The molecule has 1 atom stereocenters. The van der Waals surface area contributed by atoms with Gasteiger partial charge in [0.1, 0.15) is 5.75 Å². The molecule has 0 spiro atoms. The third-order valence-corrected chi connectivity index (χ3v) is 4.30. The highest BCUT2D eigenvalue weighted by Crippen LogP contribution is 2.35. The number of methoxy groups -OCH3 is 1.